The van der Waals surface area contributed by atoms with Gasteiger partial charge < -0.3 is 10.3 Å². The van der Waals surface area contributed by atoms with Gasteiger partial charge in [0.15, 0.2) is 0 Å². The van der Waals surface area contributed by atoms with E-state index in [0.717, 1.165) is 25.1 Å². The van der Waals surface area contributed by atoms with Crippen molar-refractivity contribution in [3.63, 3.8) is 0 Å². The molecule has 3 heteroatoms. The highest BCUT2D eigenvalue weighted by Crippen LogP contribution is 2.31. The number of hydrogen-bond donors (Lipinski definition) is 1. The van der Waals surface area contributed by atoms with E-state index in [1.165, 1.54) is 5.56 Å². The first kappa shape index (κ1) is 15.8. The minimum absolute atomic E-state index is 0.166. The molecule has 2 N–H and O–H groups in total. The number of rotatable bonds is 7. The van der Waals surface area contributed by atoms with Crippen molar-refractivity contribution in [3.8, 4) is 0 Å². The van der Waals surface area contributed by atoms with E-state index in [2.05, 4.69) is 53.7 Å². The number of aromatic nitrogens is 2. The number of hydrogen-bond acceptors (Lipinski definition) is 2. The van der Waals surface area contributed by atoms with Crippen LogP contribution in [0.2, 0.25) is 0 Å². The summed E-state index contributed by atoms with van der Waals surface area (Å²) in [6, 6.07) is 10.9. The van der Waals surface area contributed by atoms with Crippen LogP contribution in [-0.4, -0.2) is 15.6 Å². The molecule has 2 rings (SSSR count). The Morgan fingerprint density at radius 3 is 2.52 bits per heavy atom. The molecule has 0 saturated heterocycles. The average Bonchev–Trinajstić information content (AvgIpc) is 2.91. The van der Waals surface area contributed by atoms with Crippen LogP contribution in [0.15, 0.2) is 42.7 Å². The van der Waals surface area contributed by atoms with Crippen molar-refractivity contribution in [3.05, 3.63) is 54.1 Å². The minimum atomic E-state index is 0.166. The van der Waals surface area contributed by atoms with Crippen LogP contribution >= 0.6 is 0 Å². The van der Waals surface area contributed by atoms with Gasteiger partial charge in [-0.2, -0.15) is 0 Å². The van der Waals surface area contributed by atoms with E-state index >= 15 is 0 Å². The number of imidazole rings is 1. The molecule has 21 heavy (non-hydrogen) atoms. The van der Waals surface area contributed by atoms with Crippen molar-refractivity contribution in [1.82, 2.24) is 9.55 Å². The van der Waals surface area contributed by atoms with E-state index in [0.29, 0.717) is 11.8 Å². The summed E-state index contributed by atoms with van der Waals surface area (Å²) in [5.74, 6) is 2.11. The van der Waals surface area contributed by atoms with Crippen LogP contribution in [0.5, 0.6) is 0 Å². The predicted octanol–water partition coefficient (Wildman–Crippen LogP) is 3.51. The molecule has 0 bridgehead atoms. The highest BCUT2D eigenvalue weighted by atomic mass is 15.0. The topological polar surface area (TPSA) is 43.8 Å². The third-order valence-corrected chi connectivity index (χ3v) is 4.52. The van der Waals surface area contributed by atoms with E-state index < -0.39 is 0 Å². The third kappa shape index (κ3) is 3.94. The normalized spacial score (nSPS) is 15.6. The highest BCUT2D eigenvalue weighted by molar-refractivity contribution is 5.22. The lowest BCUT2D eigenvalue weighted by molar-refractivity contribution is 0.366. The molecule has 0 aliphatic rings. The summed E-state index contributed by atoms with van der Waals surface area (Å²) in [5, 5.41) is 0. The summed E-state index contributed by atoms with van der Waals surface area (Å²) in [6.45, 7) is 4.55. The zero-order valence-corrected chi connectivity index (χ0v) is 13.4. The summed E-state index contributed by atoms with van der Waals surface area (Å²) in [4.78, 5) is 4.39. The second-order valence-corrected chi connectivity index (χ2v) is 5.98. The molecule has 2 aromatic rings. The molecule has 0 aliphatic carbocycles. The largest absolute Gasteiger partial charge is 0.338 e. The predicted molar refractivity (Wildman–Crippen MR) is 88.1 cm³/mol. The molecule has 3 unspecified atom stereocenters. The molecule has 0 radical (unpaired) electrons. The van der Waals surface area contributed by atoms with E-state index in [1.807, 2.05) is 19.4 Å². The molecule has 3 nitrogen and oxygen atoms in total. The van der Waals surface area contributed by atoms with Crippen LogP contribution < -0.4 is 5.73 Å². The molecule has 0 aliphatic heterocycles. The van der Waals surface area contributed by atoms with Gasteiger partial charge in [-0.3, -0.25) is 0 Å². The summed E-state index contributed by atoms with van der Waals surface area (Å²) >= 11 is 0. The summed E-state index contributed by atoms with van der Waals surface area (Å²) < 4.78 is 2.08. The molecule has 0 spiro atoms. The van der Waals surface area contributed by atoms with Crippen LogP contribution in [0.25, 0.3) is 0 Å². The molecule has 1 heterocycles. The van der Waals surface area contributed by atoms with E-state index in [9.17, 15) is 0 Å². The highest BCUT2D eigenvalue weighted by Gasteiger charge is 2.24. The number of aryl methyl sites for hydroxylation is 2. The fourth-order valence-electron chi connectivity index (χ4n) is 3.04. The molecule has 0 amide bonds. The second kappa shape index (κ2) is 7.41. The molecule has 3 atom stereocenters. The van der Waals surface area contributed by atoms with Crippen molar-refractivity contribution < 1.29 is 0 Å². The Morgan fingerprint density at radius 1 is 1.24 bits per heavy atom. The van der Waals surface area contributed by atoms with Gasteiger partial charge in [0.1, 0.15) is 5.82 Å². The Morgan fingerprint density at radius 2 is 1.95 bits per heavy atom. The van der Waals surface area contributed by atoms with E-state index in [4.69, 9.17) is 5.73 Å². The first-order valence-electron chi connectivity index (χ1n) is 7.90. The van der Waals surface area contributed by atoms with Crippen molar-refractivity contribution in [1.29, 1.82) is 0 Å². The second-order valence-electron chi connectivity index (χ2n) is 5.98. The first-order chi connectivity index (χ1) is 10.1. The zero-order chi connectivity index (χ0) is 15.2. The lowest BCUT2D eigenvalue weighted by atomic mass is 9.79. The van der Waals surface area contributed by atoms with Gasteiger partial charge >= 0.3 is 0 Å². The number of benzene rings is 1. The molecular weight excluding hydrogens is 258 g/mol. The standard InChI is InChI=1S/C18H27N3/c1-4-14(2)18(15-8-6-5-7-9-15)16(19)10-11-17-20-12-13-21(17)3/h5-9,12-14,16,18H,4,10-11,19H2,1-3H3. The molecule has 0 fully saturated rings. The first-order valence-corrected chi connectivity index (χ1v) is 7.90. The van der Waals surface area contributed by atoms with Crippen LogP contribution in [0.3, 0.4) is 0 Å². The molecule has 1 aromatic carbocycles. The van der Waals surface area contributed by atoms with E-state index in [-0.39, 0.29) is 6.04 Å². The Labute approximate surface area is 128 Å². The maximum absolute atomic E-state index is 6.56. The van der Waals surface area contributed by atoms with Crippen LogP contribution in [0.1, 0.15) is 44.0 Å². The van der Waals surface area contributed by atoms with Gasteiger partial charge in [-0.1, -0.05) is 50.6 Å². The Bertz CT molecular complexity index is 532. The number of nitrogens with zero attached hydrogens (tertiary/aromatic N) is 2. The number of nitrogens with two attached hydrogens (primary N) is 1. The molecule has 0 saturated carbocycles. The summed E-state index contributed by atoms with van der Waals surface area (Å²) in [5.41, 5.74) is 7.92. The average molecular weight is 285 g/mol. The van der Waals surface area contributed by atoms with Gasteiger partial charge in [0.25, 0.3) is 0 Å². The van der Waals surface area contributed by atoms with Gasteiger partial charge in [-0.15, -0.1) is 0 Å². The van der Waals surface area contributed by atoms with Crippen molar-refractivity contribution >= 4 is 0 Å². The molecule has 114 valence electrons. The quantitative estimate of drug-likeness (QED) is 0.846. The monoisotopic (exact) mass is 285 g/mol. The lowest BCUT2D eigenvalue weighted by Gasteiger charge is -2.29. The van der Waals surface area contributed by atoms with Gasteiger partial charge in [0.2, 0.25) is 0 Å². The van der Waals surface area contributed by atoms with Gasteiger partial charge in [-0.25, -0.2) is 4.98 Å². The van der Waals surface area contributed by atoms with Gasteiger partial charge in [-0.05, 0) is 17.9 Å². The molecule has 1 aromatic heterocycles. The fourth-order valence-corrected chi connectivity index (χ4v) is 3.04. The van der Waals surface area contributed by atoms with Gasteiger partial charge in [0, 0.05) is 37.8 Å². The summed E-state index contributed by atoms with van der Waals surface area (Å²) in [7, 11) is 2.04. The Kier molecular flexibility index (Phi) is 5.57. The van der Waals surface area contributed by atoms with Crippen LogP contribution in [-0.2, 0) is 13.5 Å². The van der Waals surface area contributed by atoms with Crippen molar-refractivity contribution in [2.24, 2.45) is 18.7 Å². The maximum atomic E-state index is 6.56. The maximum Gasteiger partial charge on any atom is 0.108 e. The minimum Gasteiger partial charge on any atom is -0.338 e. The molecular formula is C18H27N3. The lowest BCUT2D eigenvalue weighted by Crippen LogP contribution is -2.33. The summed E-state index contributed by atoms with van der Waals surface area (Å²) in [6.07, 6.45) is 6.89. The smallest absolute Gasteiger partial charge is 0.108 e. The fraction of sp³-hybridized carbons (Fsp3) is 0.500. The van der Waals surface area contributed by atoms with Crippen LogP contribution in [0.4, 0.5) is 0 Å². The van der Waals surface area contributed by atoms with Gasteiger partial charge in [0.05, 0.1) is 0 Å². The van der Waals surface area contributed by atoms with Crippen molar-refractivity contribution in [2.75, 3.05) is 0 Å². The van der Waals surface area contributed by atoms with Crippen molar-refractivity contribution in [2.45, 2.75) is 45.1 Å². The van der Waals surface area contributed by atoms with Crippen LogP contribution in [0, 0.1) is 5.92 Å². The zero-order valence-electron chi connectivity index (χ0n) is 13.4. The Balaban J connectivity index is 2.08. The Hall–Kier alpha value is -1.61. The SMILES string of the molecule is CCC(C)C(c1ccccc1)C(N)CCc1nccn1C. The van der Waals surface area contributed by atoms with E-state index in [1.54, 1.807) is 0 Å². The third-order valence-electron chi connectivity index (χ3n) is 4.52.